The number of fused-ring (bicyclic) bond motifs is 1. The van der Waals surface area contributed by atoms with Crippen LogP contribution in [0.3, 0.4) is 0 Å². The van der Waals surface area contributed by atoms with Crippen molar-refractivity contribution in [2.75, 3.05) is 30.6 Å². The molecule has 4 nitrogen and oxygen atoms in total. The van der Waals surface area contributed by atoms with Gasteiger partial charge in [0.15, 0.2) is 0 Å². The number of nitrogens with zero attached hydrogens (tertiary/aromatic N) is 1. The maximum atomic E-state index is 11.5. The molecule has 1 saturated carbocycles. The van der Waals surface area contributed by atoms with Crippen molar-refractivity contribution >= 4 is 21.8 Å². The Balaban J connectivity index is 1.37. The summed E-state index contributed by atoms with van der Waals surface area (Å²) in [6.07, 6.45) is 5.62. The van der Waals surface area contributed by atoms with E-state index in [1.54, 1.807) is 0 Å². The van der Waals surface area contributed by atoms with Crippen LogP contribution in [-0.2, 0) is 15.4 Å². The first-order valence-electron chi connectivity index (χ1n) is 9.38. The van der Waals surface area contributed by atoms with Crippen LogP contribution in [0.15, 0.2) is 60.7 Å². The van der Waals surface area contributed by atoms with Crippen LogP contribution >= 0.6 is 0 Å². The van der Waals surface area contributed by atoms with Crippen LogP contribution in [0, 0.1) is 11.8 Å². The molecule has 5 heteroatoms. The van der Waals surface area contributed by atoms with Gasteiger partial charge in [0, 0.05) is 30.7 Å². The first kappa shape index (κ1) is 18.3. The molecule has 1 saturated heterocycles. The molecular weight excluding hydrogens is 356 g/mol. The third-order valence-corrected chi connectivity index (χ3v) is 6.69. The summed E-state index contributed by atoms with van der Waals surface area (Å²) in [5, 5.41) is 0. The second-order valence-corrected chi connectivity index (χ2v) is 9.73. The Hall–Kier alpha value is -2.11. The molecule has 1 heterocycles. The smallest absolute Gasteiger partial charge is 0.229 e. The van der Waals surface area contributed by atoms with E-state index in [1.807, 2.05) is 24.3 Å². The summed E-state index contributed by atoms with van der Waals surface area (Å²) < 4.78 is 25.6. The highest BCUT2D eigenvalue weighted by Gasteiger charge is 2.65. The summed E-state index contributed by atoms with van der Waals surface area (Å²) in [5.74, 6) is 1.30. The molecule has 0 amide bonds. The molecule has 0 radical (unpaired) electrons. The van der Waals surface area contributed by atoms with Crippen LogP contribution in [0.1, 0.15) is 18.1 Å². The summed E-state index contributed by atoms with van der Waals surface area (Å²) in [7, 11) is -3.25. The second kappa shape index (κ2) is 6.80. The molecule has 2 atom stereocenters. The van der Waals surface area contributed by atoms with Crippen LogP contribution < -0.4 is 4.72 Å². The monoisotopic (exact) mass is 382 g/mol. The van der Waals surface area contributed by atoms with Crippen molar-refractivity contribution in [3.63, 3.8) is 0 Å². The average Bonchev–Trinajstić information content (AvgIpc) is 2.98. The first-order chi connectivity index (χ1) is 12.9. The van der Waals surface area contributed by atoms with E-state index in [1.165, 1.54) is 17.4 Å². The number of sulfonamides is 1. The van der Waals surface area contributed by atoms with Gasteiger partial charge in [0.2, 0.25) is 10.0 Å². The molecule has 27 heavy (non-hydrogen) atoms. The zero-order valence-electron chi connectivity index (χ0n) is 15.8. The van der Waals surface area contributed by atoms with Crippen molar-refractivity contribution in [1.82, 2.24) is 4.90 Å². The highest BCUT2D eigenvalue weighted by Crippen LogP contribution is 2.63. The van der Waals surface area contributed by atoms with E-state index in [9.17, 15) is 8.42 Å². The molecule has 142 valence electrons. The van der Waals surface area contributed by atoms with E-state index in [-0.39, 0.29) is 5.41 Å². The summed E-state index contributed by atoms with van der Waals surface area (Å²) in [6, 6.07) is 18.3. The van der Waals surface area contributed by atoms with Crippen molar-refractivity contribution in [3.05, 3.63) is 71.8 Å². The van der Waals surface area contributed by atoms with E-state index in [0.717, 1.165) is 19.6 Å². The number of benzene rings is 2. The average molecular weight is 383 g/mol. The lowest BCUT2D eigenvalue weighted by Crippen LogP contribution is -2.29. The molecule has 1 aliphatic heterocycles. The van der Waals surface area contributed by atoms with Crippen LogP contribution in [0.4, 0.5) is 5.69 Å². The quantitative estimate of drug-likeness (QED) is 0.831. The van der Waals surface area contributed by atoms with Gasteiger partial charge in [-0.15, -0.1) is 0 Å². The number of nitrogens with one attached hydrogen (secondary N) is 1. The molecule has 2 unspecified atom stereocenters. The lowest BCUT2D eigenvalue weighted by molar-refractivity contribution is 0.305. The summed E-state index contributed by atoms with van der Waals surface area (Å²) >= 11 is 0. The minimum Gasteiger partial charge on any atom is -0.299 e. The molecule has 2 aliphatic rings. The van der Waals surface area contributed by atoms with Gasteiger partial charge in [-0.2, -0.15) is 0 Å². The van der Waals surface area contributed by atoms with E-state index in [0.29, 0.717) is 17.5 Å². The maximum Gasteiger partial charge on any atom is 0.229 e. The highest BCUT2D eigenvalue weighted by atomic mass is 32.2. The Bertz CT molecular complexity index is 941. The van der Waals surface area contributed by atoms with Gasteiger partial charge in [0.1, 0.15) is 0 Å². The van der Waals surface area contributed by atoms with Crippen LogP contribution in [-0.4, -0.2) is 39.2 Å². The van der Waals surface area contributed by atoms with E-state index < -0.39 is 10.0 Å². The summed E-state index contributed by atoms with van der Waals surface area (Å²) in [6.45, 7) is 5.50. The number of piperidine rings is 1. The van der Waals surface area contributed by atoms with Gasteiger partial charge in [-0.3, -0.25) is 9.62 Å². The third-order valence-electron chi connectivity index (χ3n) is 6.09. The van der Waals surface area contributed by atoms with Gasteiger partial charge in [-0.1, -0.05) is 61.5 Å². The minimum atomic E-state index is -3.25. The zero-order valence-corrected chi connectivity index (χ0v) is 16.6. The third kappa shape index (κ3) is 3.80. The van der Waals surface area contributed by atoms with Crippen molar-refractivity contribution in [1.29, 1.82) is 0 Å². The van der Waals surface area contributed by atoms with E-state index >= 15 is 0 Å². The predicted molar refractivity (Wildman–Crippen MR) is 111 cm³/mol. The normalized spacial score (nSPS) is 27.6. The SMILES string of the molecule is CC1(c2cccc(NS(C)(=O)=O)c2)C2CN(CC=Cc3ccccc3)CC21. The predicted octanol–water partition coefficient (Wildman–Crippen LogP) is 3.59. The number of hydrogen-bond acceptors (Lipinski definition) is 3. The van der Waals surface area contributed by atoms with Crippen molar-refractivity contribution in [2.45, 2.75) is 12.3 Å². The Morgan fingerprint density at radius 3 is 2.48 bits per heavy atom. The molecule has 0 bridgehead atoms. The fourth-order valence-electron chi connectivity index (χ4n) is 4.57. The number of anilines is 1. The zero-order chi connectivity index (χ0) is 19.1. The van der Waals surface area contributed by atoms with Crippen LogP contribution in [0.5, 0.6) is 0 Å². The van der Waals surface area contributed by atoms with Gasteiger partial charge in [0.25, 0.3) is 0 Å². The molecular formula is C22H26N2O2S. The molecule has 2 fully saturated rings. The van der Waals surface area contributed by atoms with Gasteiger partial charge in [-0.05, 0) is 35.1 Å². The molecule has 4 rings (SSSR count). The topological polar surface area (TPSA) is 49.4 Å². The van der Waals surface area contributed by atoms with Crippen molar-refractivity contribution in [3.8, 4) is 0 Å². The summed E-state index contributed by atoms with van der Waals surface area (Å²) in [5.41, 5.74) is 3.30. The largest absolute Gasteiger partial charge is 0.299 e. The lowest BCUT2D eigenvalue weighted by atomic mass is 9.92. The standard InChI is InChI=1S/C22H26N2O2S/c1-22(18-11-6-12-19(14-18)23-27(2,25)26)20-15-24(16-21(20)22)13-7-10-17-8-4-3-5-9-17/h3-12,14,20-21,23H,13,15-16H2,1-2H3. The Morgan fingerprint density at radius 1 is 1.11 bits per heavy atom. The van der Waals surface area contributed by atoms with Gasteiger partial charge >= 0.3 is 0 Å². The number of hydrogen-bond donors (Lipinski definition) is 1. The molecule has 2 aromatic carbocycles. The fraction of sp³-hybridized carbons (Fsp3) is 0.364. The Labute approximate surface area is 162 Å². The maximum absolute atomic E-state index is 11.5. The highest BCUT2D eigenvalue weighted by molar-refractivity contribution is 7.92. The lowest BCUT2D eigenvalue weighted by Gasteiger charge is -2.23. The van der Waals surface area contributed by atoms with Crippen molar-refractivity contribution < 1.29 is 8.42 Å². The van der Waals surface area contributed by atoms with Crippen LogP contribution in [0.2, 0.25) is 0 Å². The Kier molecular flexibility index (Phi) is 4.60. The number of rotatable bonds is 6. The van der Waals surface area contributed by atoms with Gasteiger partial charge < -0.3 is 0 Å². The number of likely N-dealkylation sites (tertiary alicyclic amines) is 1. The van der Waals surface area contributed by atoms with Gasteiger partial charge in [-0.25, -0.2) is 8.42 Å². The van der Waals surface area contributed by atoms with E-state index in [4.69, 9.17) is 0 Å². The molecule has 0 spiro atoms. The van der Waals surface area contributed by atoms with E-state index in [2.05, 4.69) is 59.0 Å². The fourth-order valence-corrected chi connectivity index (χ4v) is 5.13. The molecule has 2 aromatic rings. The van der Waals surface area contributed by atoms with Gasteiger partial charge in [0.05, 0.1) is 6.26 Å². The van der Waals surface area contributed by atoms with Crippen molar-refractivity contribution in [2.24, 2.45) is 11.8 Å². The van der Waals surface area contributed by atoms with Crippen LogP contribution in [0.25, 0.3) is 6.08 Å². The molecule has 0 aromatic heterocycles. The molecule has 1 aliphatic carbocycles. The molecule has 1 N–H and O–H groups in total. The first-order valence-corrected chi connectivity index (χ1v) is 11.3. The minimum absolute atomic E-state index is 0.162. The Morgan fingerprint density at radius 2 is 1.81 bits per heavy atom. The second-order valence-electron chi connectivity index (χ2n) is 7.98. The summed E-state index contributed by atoms with van der Waals surface area (Å²) in [4.78, 5) is 2.51.